The molecule has 2 heterocycles. The van der Waals surface area contributed by atoms with Crippen LogP contribution in [-0.2, 0) is 9.53 Å². The second-order valence-corrected chi connectivity index (χ2v) is 8.77. The highest BCUT2D eigenvalue weighted by Crippen LogP contribution is 2.39. The number of benzene rings is 2. The van der Waals surface area contributed by atoms with Gasteiger partial charge >= 0.3 is 0 Å². The molecule has 2 aliphatic heterocycles. The minimum absolute atomic E-state index is 0.0421. The molecule has 0 aliphatic carbocycles. The lowest BCUT2D eigenvalue weighted by molar-refractivity contribution is -0.128. The van der Waals surface area contributed by atoms with Crippen LogP contribution in [0.15, 0.2) is 48.5 Å². The summed E-state index contributed by atoms with van der Waals surface area (Å²) in [6.07, 6.45) is 1.42. The number of nitrogens with one attached hydrogen (secondary N) is 1. The van der Waals surface area contributed by atoms with Gasteiger partial charge in [0.25, 0.3) is 11.8 Å². The van der Waals surface area contributed by atoms with Crippen LogP contribution < -0.4 is 10.1 Å². The van der Waals surface area contributed by atoms with Gasteiger partial charge in [0.15, 0.2) is 0 Å². The smallest absolute Gasteiger partial charge is 0.256 e. The summed E-state index contributed by atoms with van der Waals surface area (Å²) in [5, 5.41) is 2.84. The van der Waals surface area contributed by atoms with E-state index in [9.17, 15) is 18.8 Å². The van der Waals surface area contributed by atoms with Gasteiger partial charge < -0.3 is 19.7 Å². The van der Waals surface area contributed by atoms with Gasteiger partial charge in [0.1, 0.15) is 23.3 Å². The molecule has 3 amide bonds. The van der Waals surface area contributed by atoms with Crippen molar-refractivity contribution in [2.75, 3.05) is 33.4 Å². The maximum absolute atomic E-state index is 13.9. The van der Waals surface area contributed by atoms with Crippen LogP contribution in [0.3, 0.4) is 0 Å². The van der Waals surface area contributed by atoms with Gasteiger partial charge in [-0.2, -0.15) is 0 Å². The molecular weight excluding hydrogens is 453 g/mol. The number of hydrogen-bond acceptors (Lipinski definition) is 5. The highest BCUT2D eigenvalue weighted by Gasteiger charge is 2.54. The van der Waals surface area contributed by atoms with Crippen molar-refractivity contribution in [3.05, 3.63) is 65.5 Å². The summed E-state index contributed by atoms with van der Waals surface area (Å²) in [5.41, 5.74) is -0.391. The quantitative estimate of drug-likeness (QED) is 0.683. The van der Waals surface area contributed by atoms with E-state index < -0.39 is 23.5 Å². The molecule has 0 saturated carbocycles. The molecule has 2 aromatic rings. The standard InChI is InChI=1S/C26H30FN3O5/c1-3-12-28-23(31)22-17-35-26(30(22)25(33)18-6-4-8-20(27)15-18)10-13-29(14-11-26)24(32)19-7-5-9-21(16-19)34-2/h4-9,15-16,22H,3,10-14,17H2,1-2H3,(H,28,31)/t22-/m1/s1. The highest BCUT2D eigenvalue weighted by atomic mass is 19.1. The number of nitrogens with zero attached hydrogens (tertiary/aromatic N) is 2. The summed E-state index contributed by atoms with van der Waals surface area (Å²) in [7, 11) is 1.54. The Labute approximate surface area is 204 Å². The minimum atomic E-state index is -1.05. The van der Waals surface area contributed by atoms with Crippen molar-refractivity contribution in [3.63, 3.8) is 0 Å². The first-order valence-electron chi connectivity index (χ1n) is 11.8. The molecule has 4 rings (SSSR count). The van der Waals surface area contributed by atoms with Crippen molar-refractivity contribution in [3.8, 4) is 5.75 Å². The number of likely N-dealkylation sites (tertiary alicyclic amines) is 1. The summed E-state index contributed by atoms with van der Waals surface area (Å²) in [6.45, 7) is 3.14. The summed E-state index contributed by atoms with van der Waals surface area (Å²) < 4.78 is 25.3. The lowest BCUT2D eigenvalue weighted by atomic mass is 9.96. The van der Waals surface area contributed by atoms with E-state index in [0.29, 0.717) is 43.8 Å². The normalized spacial score (nSPS) is 19.0. The molecule has 9 heteroatoms. The van der Waals surface area contributed by atoms with Crippen molar-refractivity contribution < 1.29 is 28.2 Å². The molecule has 2 saturated heterocycles. The van der Waals surface area contributed by atoms with Gasteiger partial charge in [-0.25, -0.2) is 4.39 Å². The Kier molecular flexibility index (Phi) is 7.35. The first kappa shape index (κ1) is 24.7. The zero-order valence-corrected chi connectivity index (χ0v) is 20.0. The zero-order chi connectivity index (χ0) is 25.0. The Bertz CT molecular complexity index is 1100. The molecule has 0 bridgehead atoms. The second kappa shape index (κ2) is 10.4. The van der Waals surface area contributed by atoms with Gasteiger partial charge in [-0.05, 0) is 42.8 Å². The van der Waals surface area contributed by atoms with Gasteiger partial charge in [0.05, 0.1) is 13.7 Å². The van der Waals surface area contributed by atoms with Crippen LogP contribution in [-0.4, -0.2) is 72.6 Å². The van der Waals surface area contributed by atoms with Gasteiger partial charge in [-0.1, -0.05) is 19.1 Å². The second-order valence-electron chi connectivity index (χ2n) is 8.77. The first-order chi connectivity index (χ1) is 16.9. The van der Waals surface area contributed by atoms with Crippen LogP contribution >= 0.6 is 0 Å². The molecule has 1 N–H and O–H groups in total. The summed E-state index contributed by atoms with van der Waals surface area (Å²) in [4.78, 5) is 42.7. The van der Waals surface area contributed by atoms with E-state index in [0.717, 1.165) is 12.5 Å². The van der Waals surface area contributed by atoms with E-state index in [1.54, 1.807) is 36.3 Å². The zero-order valence-electron chi connectivity index (χ0n) is 20.0. The van der Waals surface area contributed by atoms with Crippen molar-refractivity contribution in [2.24, 2.45) is 0 Å². The Balaban J connectivity index is 1.56. The molecule has 35 heavy (non-hydrogen) atoms. The number of methoxy groups -OCH3 is 1. The fraction of sp³-hybridized carbons (Fsp3) is 0.423. The molecule has 0 radical (unpaired) electrons. The van der Waals surface area contributed by atoms with Crippen LogP contribution in [0.5, 0.6) is 5.75 Å². The first-order valence-corrected chi connectivity index (χ1v) is 11.8. The van der Waals surface area contributed by atoms with Gasteiger partial charge in [0, 0.05) is 43.6 Å². The van der Waals surface area contributed by atoms with E-state index in [4.69, 9.17) is 9.47 Å². The number of amides is 3. The summed E-state index contributed by atoms with van der Waals surface area (Å²) in [6, 6.07) is 11.5. The molecule has 0 aromatic heterocycles. The number of carbonyl (C=O) groups is 3. The van der Waals surface area contributed by atoms with E-state index in [-0.39, 0.29) is 24.0 Å². The van der Waals surface area contributed by atoms with Crippen LogP contribution in [0.4, 0.5) is 4.39 Å². The maximum Gasteiger partial charge on any atom is 0.256 e. The van der Waals surface area contributed by atoms with Crippen molar-refractivity contribution in [1.82, 2.24) is 15.1 Å². The van der Waals surface area contributed by atoms with Gasteiger partial charge in [0.2, 0.25) is 5.91 Å². The largest absolute Gasteiger partial charge is 0.497 e. The van der Waals surface area contributed by atoms with Crippen molar-refractivity contribution >= 4 is 17.7 Å². The average molecular weight is 484 g/mol. The SMILES string of the molecule is CCCNC(=O)[C@H]1COC2(CCN(C(=O)c3cccc(OC)c3)CC2)N1C(=O)c1cccc(F)c1. The van der Waals surface area contributed by atoms with Crippen LogP contribution in [0.1, 0.15) is 46.9 Å². The summed E-state index contributed by atoms with van der Waals surface area (Å²) >= 11 is 0. The number of hydrogen-bond donors (Lipinski definition) is 1. The average Bonchev–Trinajstić information content (AvgIpc) is 3.25. The lowest BCUT2D eigenvalue weighted by Gasteiger charge is -2.44. The predicted octanol–water partition coefficient (Wildman–Crippen LogP) is 2.83. The lowest BCUT2D eigenvalue weighted by Crippen LogP contribution is -2.59. The van der Waals surface area contributed by atoms with Crippen molar-refractivity contribution in [2.45, 2.75) is 38.0 Å². The topological polar surface area (TPSA) is 88.2 Å². The number of piperidine rings is 1. The predicted molar refractivity (Wildman–Crippen MR) is 126 cm³/mol. The molecule has 0 unspecified atom stereocenters. The Hall–Kier alpha value is -3.46. The molecule has 2 aromatic carbocycles. The van der Waals surface area contributed by atoms with Crippen LogP contribution in [0, 0.1) is 5.82 Å². The van der Waals surface area contributed by atoms with Crippen LogP contribution in [0.25, 0.3) is 0 Å². The number of halogens is 1. The van der Waals surface area contributed by atoms with Crippen LogP contribution in [0.2, 0.25) is 0 Å². The molecule has 186 valence electrons. The minimum Gasteiger partial charge on any atom is -0.497 e. The third kappa shape index (κ3) is 5.00. The fourth-order valence-electron chi connectivity index (χ4n) is 4.69. The number of carbonyl (C=O) groups excluding carboxylic acids is 3. The third-order valence-corrected chi connectivity index (χ3v) is 6.55. The van der Waals surface area contributed by atoms with E-state index in [1.807, 2.05) is 6.92 Å². The number of rotatable bonds is 6. The van der Waals surface area contributed by atoms with Crippen molar-refractivity contribution in [1.29, 1.82) is 0 Å². The maximum atomic E-state index is 13.9. The van der Waals surface area contributed by atoms with E-state index >= 15 is 0 Å². The fourth-order valence-corrected chi connectivity index (χ4v) is 4.69. The van der Waals surface area contributed by atoms with E-state index in [1.165, 1.54) is 23.1 Å². The Morgan fingerprint density at radius 3 is 2.43 bits per heavy atom. The Morgan fingerprint density at radius 1 is 1.09 bits per heavy atom. The molecule has 1 atom stereocenters. The number of ether oxygens (including phenoxy) is 2. The summed E-state index contributed by atoms with van der Waals surface area (Å²) in [5.74, 6) is -0.849. The molecule has 1 spiro atoms. The van der Waals surface area contributed by atoms with E-state index in [2.05, 4.69) is 5.32 Å². The molecule has 8 nitrogen and oxygen atoms in total. The molecular formula is C26H30FN3O5. The third-order valence-electron chi connectivity index (χ3n) is 6.55. The monoisotopic (exact) mass is 483 g/mol. The highest BCUT2D eigenvalue weighted by molar-refractivity contribution is 5.98. The van der Waals surface area contributed by atoms with Gasteiger partial charge in [-0.15, -0.1) is 0 Å². The van der Waals surface area contributed by atoms with Gasteiger partial charge in [-0.3, -0.25) is 19.3 Å². The Morgan fingerprint density at radius 2 is 1.77 bits per heavy atom. The molecule has 2 fully saturated rings. The molecule has 2 aliphatic rings.